The quantitative estimate of drug-likeness (QED) is 0.271. The van der Waals surface area contributed by atoms with Crippen molar-refractivity contribution in [2.24, 2.45) is 5.73 Å². The van der Waals surface area contributed by atoms with Crippen LogP contribution >= 0.6 is 0 Å². The van der Waals surface area contributed by atoms with Crippen LogP contribution in [0.4, 0.5) is 8.78 Å². The summed E-state index contributed by atoms with van der Waals surface area (Å²) in [6, 6.07) is 5.40. The van der Waals surface area contributed by atoms with Gasteiger partial charge in [0.2, 0.25) is 0 Å². The second-order valence-corrected chi connectivity index (χ2v) is 8.89. The molecular weight excluding hydrogens is 435 g/mol. The van der Waals surface area contributed by atoms with E-state index in [0.29, 0.717) is 64.0 Å². The minimum atomic E-state index is -2.95. The molecule has 1 aromatic rings. The lowest BCUT2D eigenvalue weighted by Crippen LogP contribution is -2.50. The molecule has 1 amide bonds. The van der Waals surface area contributed by atoms with Gasteiger partial charge in [-0.2, -0.15) is 0 Å². The van der Waals surface area contributed by atoms with Crippen molar-refractivity contribution in [1.82, 2.24) is 9.80 Å². The highest BCUT2D eigenvalue weighted by Crippen LogP contribution is 2.27. The maximum atomic E-state index is 13.4. The summed E-state index contributed by atoms with van der Waals surface area (Å²) in [7, 11) is -1.40. The SMILES string of the molecule is CC(F)(F)c1ccc(C(=O)N2CCN(CCCC(N)(CCCCB(O)O)C(=O)O)CC2)cc1. The molecule has 0 radical (unpaired) electrons. The Balaban J connectivity index is 1.76. The van der Waals surface area contributed by atoms with Gasteiger partial charge >= 0.3 is 13.1 Å². The fraction of sp³-hybridized carbons (Fsp3) is 0.636. The molecule has 1 aliphatic rings. The number of carboxylic acid groups (broad SMARTS) is 1. The molecule has 0 aromatic heterocycles. The standard InChI is InChI=1S/C22H34BF2N3O5/c1-21(24,25)18-7-5-17(6-8-18)19(29)28-15-13-27(14-16-28)12-4-10-22(26,20(30)31)9-2-3-11-23(32)33/h5-8,32-33H,2-4,9-16,26H2,1H3,(H,30,31). The van der Waals surface area contributed by atoms with Gasteiger partial charge in [0.05, 0.1) is 0 Å². The summed E-state index contributed by atoms with van der Waals surface area (Å²) in [6.45, 7) is 3.74. The molecule has 1 fully saturated rings. The van der Waals surface area contributed by atoms with E-state index >= 15 is 0 Å². The predicted molar refractivity (Wildman–Crippen MR) is 121 cm³/mol. The number of carbonyl (C=O) groups excluding carboxylic acids is 1. The highest BCUT2D eigenvalue weighted by Gasteiger charge is 2.33. The largest absolute Gasteiger partial charge is 0.480 e. The summed E-state index contributed by atoms with van der Waals surface area (Å²) in [6.07, 6.45) is 2.33. The smallest absolute Gasteiger partial charge is 0.451 e. The van der Waals surface area contributed by atoms with Gasteiger partial charge in [-0.1, -0.05) is 25.0 Å². The van der Waals surface area contributed by atoms with E-state index < -0.39 is 24.5 Å². The molecule has 1 aromatic carbocycles. The van der Waals surface area contributed by atoms with Crippen molar-refractivity contribution in [3.8, 4) is 0 Å². The van der Waals surface area contributed by atoms with Crippen molar-refractivity contribution in [2.75, 3.05) is 32.7 Å². The van der Waals surface area contributed by atoms with Gasteiger partial charge in [0.1, 0.15) is 5.54 Å². The molecule has 1 saturated heterocycles. The van der Waals surface area contributed by atoms with Crippen LogP contribution < -0.4 is 5.73 Å². The molecule has 1 unspecified atom stereocenters. The summed E-state index contributed by atoms with van der Waals surface area (Å²) in [5.41, 5.74) is 4.99. The summed E-state index contributed by atoms with van der Waals surface area (Å²) in [5.74, 6) is -4.20. The zero-order chi connectivity index (χ0) is 24.6. The average molecular weight is 469 g/mol. The second kappa shape index (κ2) is 11.9. The van der Waals surface area contributed by atoms with E-state index in [-0.39, 0.29) is 24.2 Å². The van der Waals surface area contributed by atoms with Crippen molar-refractivity contribution in [3.05, 3.63) is 35.4 Å². The number of carbonyl (C=O) groups is 2. The van der Waals surface area contributed by atoms with Gasteiger partial charge in [0, 0.05) is 44.2 Å². The molecule has 11 heteroatoms. The average Bonchev–Trinajstić information content (AvgIpc) is 2.76. The van der Waals surface area contributed by atoms with E-state index in [4.69, 9.17) is 15.8 Å². The first-order chi connectivity index (χ1) is 15.4. The number of benzene rings is 1. The van der Waals surface area contributed by atoms with Crippen molar-refractivity contribution >= 4 is 19.0 Å². The van der Waals surface area contributed by atoms with Gasteiger partial charge in [-0.05, 0) is 44.3 Å². The Morgan fingerprint density at radius 2 is 1.61 bits per heavy atom. The molecule has 5 N–H and O–H groups in total. The van der Waals surface area contributed by atoms with Gasteiger partial charge in [-0.25, -0.2) is 8.78 Å². The minimum absolute atomic E-state index is 0.132. The number of halogens is 2. The number of alkyl halides is 2. The third-order valence-corrected chi connectivity index (χ3v) is 6.16. The maximum Gasteiger partial charge on any atom is 0.451 e. The van der Waals surface area contributed by atoms with Crippen LogP contribution in [0.15, 0.2) is 24.3 Å². The molecule has 33 heavy (non-hydrogen) atoms. The summed E-state index contributed by atoms with van der Waals surface area (Å²) < 4.78 is 26.7. The van der Waals surface area contributed by atoms with E-state index in [1.807, 2.05) is 0 Å². The summed E-state index contributed by atoms with van der Waals surface area (Å²) in [5, 5.41) is 27.3. The monoisotopic (exact) mass is 469 g/mol. The number of hydrogen-bond acceptors (Lipinski definition) is 6. The molecule has 0 bridgehead atoms. The maximum absolute atomic E-state index is 13.4. The number of nitrogens with two attached hydrogens (primary N) is 1. The van der Waals surface area contributed by atoms with E-state index in [0.717, 1.165) is 6.92 Å². The first kappa shape index (κ1) is 27.2. The molecule has 0 spiro atoms. The van der Waals surface area contributed by atoms with Crippen LogP contribution in [-0.4, -0.2) is 82.2 Å². The van der Waals surface area contributed by atoms with Crippen LogP contribution in [0, 0.1) is 0 Å². The Bertz CT molecular complexity index is 783. The minimum Gasteiger partial charge on any atom is -0.480 e. The van der Waals surface area contributed by atoms with Crippen molar-refractivity contribution in [3.63, 3.8) is 0 Å². The summed E-state index contributed by atoms with van der Waals surface area (Å²) >= 11 is 0. The van der Waals surface area contributed by atoms with Crippen LogP contribution in [0.5, 0.6) is 0 Å². The van der Waals surface area contributed by atoms with Crippen molar-refractivity contribution < 1.29 is 33.5 Å². The van der Waals surface area contributed by atoms with Crippen molar-refractivity contribution in [1.29, 1.82) is 0 Å². The van der Waals surface area contributed by atoms with Gasteiger partial charge in [0.15, 0.2) is 0 Å². The zero-order valence-corrected chi connectivity index (χ0v) is 19.1. The predicted octanol–water partition coefficient (Wildman–Crippen LogP) is 1.76. The van der Waals surface area contributed by atoms with Gasteiger partial charge in [-0.15, -0.1) is 0 Å². The number of rotatable bonds is 12. The fourth-order valence-corrected chi connectivity index (χ4v) is 3.99. The van der Waals surface area contributed by atoms with Crippen LogP contribution in [0.2, 0.25) is 6.32 Å². The molecule has 1 heterocycles. The number of unbranched alkanes of at least 4 members (excludes halogenated alkanes) is 1. The van der Waals surface area contributed by atoms with Crippen molar-refractivity contribution in [2.45, 2.75) is 56.8 Å². The number of amides is 1. The van der Waals surface area contributed by atoms with E-state index in [2.05, 4.69) is 4.90 Å². The number of nitrogens with zero attached hydrogens (tertiary/aromatic N) is 2. The highest BCUT2D eigenvalue weighted by atomic mass is 19.3. The van der Waals surface area contributed by atoms with E-state index in [1.54, 1.807) is 4.90 Å². The molecule has 8 nitrogen and oxygen atoms in total. The zero-order valence-electron chi connectivity index (χ0n) is 19.1. The third kappa shape index (κ3) is 8.33. The lowest BCUT2D eigenvalue weighted by atomic mass is 9.81. The molecular formula is C22H34BF2N3O5. The molecule has 1 aliphatic heterocycles. The first-order valence-corrected chi connectivity index (χ1v) is 11.3. The van der Waals surface area contributed by atoms with Gasteiger partial charge in [0.25, 0.3) is 11.8 Å². The molecule has 0 aliphatic carbocycles. The summed E-state index contributed by atoms with van der Waals surface area (Å²) in [4.78, 5) is 28.1. The van der Waals surface area contributed by atoms with Gasteiger partial charge in [-0.3, -0.25) is 14.5 Å². The van der Waals surface area contributed by atoms with E-state index in [1.165, 1.54) is 24.3 Å². The normalized spacial score (nSPS) is 17.0. The topological polar surface area (TPSA) is 127 Å². The first-order valence-electron chi connectivity index (χ1n) is 11.3. The lowest BCUT2D eigenvalue weighted by molar-refractivity contribution is -0.144. The Kier molecular flexibility index (Phi) is 9.77. The number of piperazine rings is 1. The number of hydrogen-bond donors (Lipinski definition) is 4. The highest BCUT2D eigenvalue weighted by molar-refractivity contribution is 6.40. The second-order valence-electron chi connectivity index (χ2n) is 8.89. The Morgan fingerprint density at radius 3 is 2.12 bits per heavy atom. The Morgan fingerprint density at radius 1 is 1.03 bits per heavy atom. The molecule has 1 atom stereocenters. The van der Waals surface area contributed by atoms with Gasteiger partial charge < -0.3 is 25.8 Å². The Labute approximate surface area is 193 Å². The molecule has 184 valence electrons. The Hall–Kier alpha value is -2.08. The van der Waals surface area contributed by atoms with Crippen LogP contribution in [0.25, 0.3) is 0 Å². The fourth-order valence-electron chi connectivity index (χ4n) is 3.99. The number of carboxylic acids is 1. The lowest BCUT2D eigenvalue weighted by Gasteiger charge is -2.35. The number of aliphatic carboxylic acids is 1. The molecule has 2 rings (SSSR count). The molecule has 0 saturated carbocycles. The van der Waals surface area contributed by atoms with Crippen LogP contribution in [0.1, 0.15) is 54.9 Å². The van der Waals surface area contributed by atoms with Crippen LogP contribution in [-0.2, 0) is 10.7 Å². The third-order valence-electron chi connectivity index (χ3n) is 6.16. The van der Waals surface area contributed by atoms with Crippen LogP contribution in [0.3, 0.4) is 0 Å². The van der Waals surface area contributed by atoms with E-state index in [9.17, 15) is 23.5 Å².